The number of hydrogen-bond acceptors (Lipinski definition) is 2. The largest absolute Gasteiger partial charge is 0.329 e. The first-order chi connectivity index (χ1) is 8.65. The number of pyridine rings is 1. The van der Waals surface area contributed by atoms with Crippen molar-refractivity contribution < 1.29 is 0 Å². The highest BCUT2D eigenvalue weighted by Crippen LogP contribution is 2.34. The lowest BCUT2D eigenvalue weighted by atomic mass is 10.00. The van der Waals surface area contributed by atoms with Crippen molar-refractivity contribution in [2.75, 3.05) is 0 Å². The summed E-state index contributed by atoms with van der Waals surface area (Å²) in [4.78, 5) is 14.5. The van der Waals surface area contributed by atoms with E-state index in [-0.39, 0.29) is 12.0 Å². The molecule has 0 aliphatic rings. The molecule has 0 radical (unpaired) electrons. The van der Waals surface area contributed by atoms with Gasteiger partial charge in [-0.3, -0.25) is 4.79 Å². The van der Waals surface area contributed by atoms with Crippen LogP contribution in [-0.4, -0.2) is 4.98 Å². The number of nitriles is 1. The van der Waals surface area contributed by atoms with Gasteiger partial charge in [0.2, 0.25) is 0 Å². The molecule has 0 aliphatic carbocycles. The van der Waals surface area contributed by atoms with Crippen LogP contribution in [0.4, 0.5) is 0 Å². The predicted molar refractivity (Wildman–Crippen MR) is 71.8 cm³/mol. The SMILES string of the molecule is N#CCc1cc[nH]c(=O)c1-c1c(Cl)cccc1Cl. The van der Waals surface area contributed by atoms with Gasteiger partial charge >= 0.3 is 0 Å². The first kappa shape index (κ1) is 12.7. The van der Waals surface area contributed by atoms with Gasteiger partial charge in [0.15, 0.2) is 0 Å². The lowest BCUT2D eigenvalue weighted by Crippen LogP contribution is -2.11. The van der Waals surface area contributed by atoms with Crippen LogP contribution >= 0.6 is 23.2 Å². The third kappa shape index (κ3) is 2.26. The van der Waals surface area contributed by atoms with Gasteiger partial charge in [0, 0.05) is 11.8 Å². The quantitative estimate of drug-likeness (QED) is 0.915. The van der Waals surface area contributed by atoms with Gasteiger partial charge in [0.25, 0.3) is 5.56 Å². The molecule has 0 saturated heterocycles. The number of aromatic amines is 1. The highest BCUT2D eigenvalue weighted by molar-refractivity contribution is 6.39. The Kier molecular flexibility index (Phi) is 3.71. The molecular weight excluding hydrogens is 271 g/mol. The number of H-pyrrole nitrogens is 1. The molecule has 1 N–H and O–H groups in total. The Morgan fingerprint density at radius 3 is 2.44 bits per heavy atom. The van der Waals surface area contributed by atoms with Crippen LogP contribution in [0.15, 0.2) is 35.3 Å². The summed E-state index contributed by atoms with van der Waals surface area (Å²) in [6.45, 7) is 0. The van der Waals surface area contributed by atoms with E-state index < -0.39 is 0 Å². The molecule has 1 aromatic heterocycles. The van der Waals surface area contributed by atoms with E-state index in [0.717, 1.165) is 0 Å². The summed E-state index contributed by atoms with van der Waals surface area (Å²) in [7, 11) is 0. The van der Waals surface area contributed by atoms with Crippen LogP contribution in [0.2, 0.25) is 10.0 Å². The number of halogens is 2. The van der Waals surface area contributed by atoms with Gasteiger partial charge < -0.3 is 4.98 Å². The molecule has 3 nitrogen and oxygen atoms in total. The summed E-state index contributed by atoms with van der Waals surface area (Å²) in [6, 6.07) is 8.72. The molecule has 0 atom stereocenters. The second kappa shape index (κ2) is 5.26. The zero-order valence-corrected chi connectivity index (χ0v) is 10.7. The number of nitrogens with one attached hydrogen (secondary N) is 1. The lowest BCUT2D eigenvalue weighted by Gasteiger charge is -2.09. The molecule has 0 aliphatic heterocycles. The first-order valence-corrected chi connectivity index (χ1v) is 5.92. The molecule has 0 unspecified atom stereocenters. The van der Waals surface area contributed by atoms with Gasteiger partial charge in [-0.1, -0.05) is 29.3 Å². The Morgan fingerprint density at radius 2 is 1.83 bits per heavy atom. The maximum atomic E-state index is 11.9. The van der Waals surface area contributed by atoms with Crippen molar-refractivity contribution >= 4 is 23.2 Å². The molecular formula is C13H8Cl2N2O. The molecule has 0 amide bonds. The Hall–Kier alpha value is -1.76. The smallest absolute Gasteiger partial charge is 0.256 e. The first-order valence-electron chi connectivity index (χ1n) is 5.17. The second-order valence-corrected chi connectivity index (χ2v) is 4.45. The molecule has 0 fully saturated rings. The molecule has 18 heavy (non-hydrogen) atoms. The highest BCUT2D eigenvalue weighted by atomic mass is 35.5. The van der Waals surface area contributed by atoms with Gasteiger partial charge in [0.1, 0.15) is 0 Å². The molecule has 2 aromatic rings. The monoisotopic (exact) mass is 278 g/mol. The van der Waals surface area contributed by atoms with E-state index in [9.17, 15) is 4.79 Å². The van der Waals surface area contributed by atoms with Gasteiger partial charge in [-0.25, -0.2) is 0 Å². The minimum atomic E-state index is -0.308. The van der Waals surface area contributed by atoms with E-state index in [4.69, 9.17) is 28.5 Å². The maximum absolute atomic E-state index is 11.9. The molecule has 0 spiro atoms. The van der Waals surface area contributed by atoms with Crippen LogP contribution < -0.4 is 5.56 Å². The number of benzene rings is 1. The Balaban J connectivity index is 2.79. The lowest BCUT2D eigenvalue weighted by molar-refractivity contribution is 1.17. The predicted octanol–water partition coefficient (Wildman–Crippen LogP) is 3.41. The third-order valence-corrected chi connectivity index (χ3v) is 3.16. The average molecular weight is 279 g/mol. The van der Waals surface area contributed by atoms with Crippen molar-refractivity contribution in [2.45, 2.75) is 6.42 Å². The van der Waals surface area contributed by atoms with Crippen molar-refractivity contribution in [1.29, 1.82) is 5.26 Å². The van der Waals surface area contributed by atoms with Crippen molar-refractivity contribution in [3.63, 3.8) is 0 Å². The number of aromatic nitrogens is 1. The van der Waals surface area contributed by atoms with E-state index in [0.29, 0.717) is 26.7 Å². The van der Waals surface area contributed by atoms with Crippen molar-refractivity contribution in [2.24, 2.45) is 0 Å². The standard InChI is InChI=1S/C13H8Cl2N2O/c14-9-2-1-3-10(15)12(9)11-8(4-6-16)5-7-17-13(11)18/h1-3,5,7H,4H2,(H,17,18). The van der Waals surface area contributed by atoms with Crippen LogP contribution in [0.1, 0.15) is 5.56 Å². The normalized spacial score (nSPS) is 10.1. The minimum Gasteiger partial charge on any atom is -0.329 e. The van der Waals surface area contributed by atoms with Crippen LogP contribution in [-0.2, 0) is 6.42 Å². The second-order valence-electron chi connectivity index (χ2n) is 3.64. The molecule has 0 saturated carbocycles. The summed E-state index contributed by atoms with van der Waals surface area (Å²) in [5, 5.41) is 9.57. The van der Waals surface area contributed by atoms with Crippen molar-refractivity contribution in [3.05, 3.63) is 56.4 Å². The van der Waals surface area contributed by atoms with Gasteiger partial charge in [-0.2, -0.15) is 5.26 Å². The van der Waals surface area contributed by atoms with Gasteiger partial charge in [-0.15, -0.1) is 0 Å². The van der Waals surface area contributed by atoms with Crippen LogP contribution in [0.5, 0.6) is 0 Å². The fourth-order valence-electron chi connectivity index (χ4n) is 1.76. The molecule has 0 bridgehead atoms. The van der Waals surface area contributed by atoms with Crippen LogP contribution in [0.25, 0.3) is 11.1 Å². The zero-order chi connectivity index (χ0) is 13.1. The van der Waals surface area contributed by atoms with Crippen LogP contribution in [0.3, 0.4) is 0 Å². The minimum absolute atomic E-state index is 0.126. The average Bonchev–Trinajstić information content (AvgIpc) is 2.32. The molecule has 5 heteroatoms. The molecule has 90 valence electrons. The zero-order valence-electron chi connectivity index (χ0n) is 9.21. The Morgan fingerprint density at radius 1 is 1.17 bits per heavy atom. The van der Waals surface area contributed by atoms with E-state index >= 15 is 0 Å². The number of nitrogens with zero attached hydrogens (tertiary/aromatic N) is 1. The van der Waals surface area contributed by atoms with E-state index in [1.165, 1.54) is 6.20 Å². The summed E-state index contributed by atoms with van der Waals surface area (Å²) in [5.41, 5.74) is 1.12. The third-order valence-electron chi connectivity index (χ3n) is 2.53. The van der Waals surface area contributed by atoms with E-state index in [2.05, 4.69) is 4.98 Å². The highest BCUT2D eigenvalue weighted by Gasteiger charge is 2.15. The Labute approximate surface area is 114 Å². The number of hydrogen-bond donors (Lipinski definition) is 1. The topological polar surface area (TPSA) is 56.6 Å². The van der Waals surface area contributed by atoms with Crippen molar-refractivity contribution in [3.8, 4) is 17.2 Å². The fourth-order valence-corrected chi connectivity index (χ4v) is 2.35. The summed E-state index contributed by atoms with van der Waals surface area (Å²) < 4.78 is 0. The van der Waals surface area contributed by atoms with E-state index in [1.807, 2.05) is 6.07 Å². The summed E-state index contributed by atoms with van der Waals surface area (Å²) in [6.07, 6.45) is 1.63. The Bertz CT molecular complexity index is 666. The summed E-state index contributed by atoms with van der Waals surface area (Å²) >= 11 is 12.2. The fraction of sp³-hybridized carbons (Fsp3) is 0.0769. The molecule has 1 aromatic carbocycles. The maximum Gasteiger partial charge on any atom is 0.256 e. The molecule has 2 rings (SSSR count). The number of rotatable bonds is 2. The van der Waals surface area contributed by atoms with Crippen molar-refractivity contribution in [1.82, 2.24) is 4.98 Å². The van der Waals surface area contributed by atoms with Gasteiger partial charge in [-0.05, 0) is 23.8 Å². The van der Waals surface area contributed by atoms with E-state index in [1.54, 1.807) is 24.3 Å². The van der Waals surface area contributed by atoms with Gasteiger partial charge in [0.05, 0.1) is 28.1 Å². The van der Waals surface area contributed by atoms with Crippen LogP contribution in [0, 0.1) is 11.3 Å². The molecule has 1 heterocycles. The summed E-state index contributed by atoms with van der Waals surface area (Å²) in [5.74, 6) is 0.